The number of thiazole rings is 1. The normalized spacial score (nSPS) is 11.6. The van der Waals surface area contributed by atoms with Crippen LogP contribution in [0.5, 0.6) is 0 Å². The third kappa shape index (κ3) is 6.17. The van der Waals surface area contributed by atoms with Gasteiger partial charge in [-0.25, -0.2) is 15.0 Å². The zero-order valence-electron chi connectivity index (χ0n) is 20.6. The number of nitrogens with one attached hydrogen (secondary N) is 1. The molecule has 3 aromatic heterocycles. The number of carbonyl (C=O) groups is 1. The highest BCUT2D eigenvalue weighted by atomic mass is 32.1. The number of carbonyl (C=O) groups excluding carboxylic acids is 1. The van der Waals surface area contributed by atoms with Crippen LogP contribution in [-0.2, 0) is 18.4 Å². The SMILES string of the molecule is Cc1cc(-c2ccnc(Nc3cnn(CCN)c3)n2)ccc1CCC(=O)c1cnc(C(C)(C)C)s1. The van der Waals surface area contributed by atoms with Crippen LogP contribution in [0.2, 0.25) is 0 Å². The number of nitrogens with two attached hydrogens (primary N) is 1. The van der Waals surface area contributed by atoms with Crippen molar-refractivity contribution < 1.29 is 4.79 Å². The quantitative estimate of drug-likeness (QED) is 0.321. The Hall–Kier alpha value is -3.43. The molecule has 0 amide bonds. The Morgan fingerprint density at radius 2 is 2.00 bits per heavy atom. The van der Waals surface area contributed by atoms with Gasteiger partial charge in [-0.2, -0.15) is 5.10 Å². The summed E-state index contributed by atoms with van der Waals surface area (Å²) < 4.78 is 1.78. The molecule has 0 atom stereocenters. The monoisotopic (exact) mass is 489 g/mol. The second-order valence-electron chi connectivity index (χ2n) is 9.52. The Labute approximate surface area is 209 Å². The lowest BCUT2D eigenvalue weighted by Crippen LogP contribution is -2.09. The van der Waals surface area contributed by atoms with E-state index < -0.39 is 0 Å². The van der Waals surface area contributed by atoms with Crippen molar-refractivity contribution >= 4 is 28.8 Å². The molecule has 0 aliphatic rings. The lowest BCUT2D eigenvalue weighted by Gasteiger charge is -2.13. The molecule has 0 saturated carbocycles. The van der Waals surface area contributed by atoms with Crippen LogP contribution in [0.15, 0.2) is 49.1 Å². The van der Waals surface area contributed by atoms with E-state index >= 15 is 0 Å². The van der Waals surface area contributed by atoms with Crippen LogP contribution in [-0.4, -0.2) is 37.1 Å². The molecule has 0 aliphatic heterocycles. The van der Waals surface area contributed by atoms with Crippen molar-refractivity contribution in [2.75, 3.05) is 11.9 Å². The van der Waals surface area contributed by atoms with E-state index in [-0.39, 0.29) is 11.2 Å². The minimum Gasteiger partial charge on any atom is -0.329 e. The van der Waals surface area contributed by atoms with E-state index in [0.29, 0.717) is 31.9 Å². The van der Waals surface area contributed by atoms with Crippen molar-refractivity contribution in [3.8, 4) is 11.3 Å². The molecule has 0 fully saturated rings. The summed E-state index contributed by atoms with van der Waals surface area (Å²) in [7, 11) is 0. The van der Waals surface area contributed by atoms with Crippen LogP contribution in [0, 0.1) is 6.92 Å². The fourth-order valence-corrected chi connectivity index (χ4v) is 4.59. The minimum atomic E-state index is -0.0432. The summed E-state index contributed by atoms with van der Waals surface area (Å²) >= 11 is 1.50. The van der Waals surface area contributed by atoms with Gasteiger partial charge in [0.05, 0.1) is 34.0 Å². The molecule has 0 saturated heterocycles. The van der Waals surface area contributed by atoms with Gasteiger partial charge in [-0.05, 0) is 36.6 Å². The highest BCUT2D eigenvalue weighted by Crippen LogP contribution is 2.28. The van der Waals surface area contributed by atoms with E-state index in [1.54, 1.807) is 23.3 Å². The zero-order valence-corrected chi connectivity index (χ0v) is 21.4. The van der Waals surface area contributed by atoms with Crippen LogP contribution in [0.3, 0.4) is 0 Å². The summed E-state index contributed by atoms with van der Waals surface area (Å²) in [5.41, 5.74) is 10.5. The van der Waals surface area contributed by atoms with Crippen molar-refractivity contribution in [3.63, 3.8) is 0 Å². The number of hydrogen-bond acceptors (Lipinski definition) is 8. The number of aromatic nitrogens is 5. The van der Waals surface area contributed by atoms with Crippen LogP contribution < -0.4 is 11.1 Å². The van der Waals surface area contributed by atoms with E-state index in [0.717, 1.165) is 38.0 Å². The largest absolute Gasteiger partial charge is 0.329 e. The number of ketones is 1. The molecule has 182 valence electrons. The average Bonchev–Trinajstić information content (AvgIpc) is 3.49. The smallest absolute Gasteiger partial charge is 0.227 e. The molecule has 35 heavy (non-hydrogen) atoms. The standard InChI is InChI=1S/C26H31N7OS/c1-17-13-19(21-9-11-28-25(32-21)31-20-14-30-33(16-20)12-10-27)6-5-18(17)7-8-22(34)23-15-29-24(35-23)26(2,3)4/h5-6,9,11,13-16H,7-8,10,12,27H2,1-4H3,(H,28,31,32). The first-order chi connectivity index (χ1) is 16.7. The highest BCUT2D eigenvalue weighted by molar-refractivity contribution is 7.13. The molecule has 0 spiro atoms. The Morgan fingerprint density at radius 1 is 1.17 bits per heavy atom. The van der Waals surface area contributed by atoms with Crippen LogP contribution in [0.4, 0.5) is 11.6 Å². The summed E-state index contributed by atoms with van der Waals surface area (Å²) in [6, 6.07) is 8.12. The van der Waals surface area contributed by atoms with Gasteiger partial charge in [-0.3, -0.25) is 9.48 Å². The van der Waals surface area contributed by atoms with Crippen LogP contribution >= 0.6 is 11.3 Å². The van der Waals surface area contributed by atoms with E-state index in [1.165, 1.54) is 11.3 Å². The van der Waals surface area contributed by atoms with Gasteiger partial charge in [-0.15, -0.1) is 11.3 Å². The molecule has 0 unspecified atom stereocenters. The molecule has 0 aliphatic carbocycles. The second kappa shape index (κ2) is 10.5. The third-order valence-corrected chi connectivity index (χ3v) is 7.05. The summed E-state index contributed by atoms with van der Waals surface area (Å²) in [4.78, 5) is 26.9. The molecule has 9 heteroatoms. The maximum atomic E-state index is 12.7. The van der Waals surface area contributed by atoms with Gasteiger partial charge in [0, 0.05) is 42.5 Å². The van der Waals surface area contributed by atoms with Gasteiger partial charge in [0.1, 0.15) is 0 Å². The zero-order chi connectivity index (χ0) is 25.0. The molecule has 3 N–H and O–H groups in total. The predicted octanol–water partition coefficient (Wildman–Crippen LogP) is 4.92. The van der Waals surface area contributed by atoms with Crippen molar-refractivity contribution in [1.82, 2.24) is 24.7 Å². The van der Waals surface area contributed by atoms with Gasteiger partial charge in [0.15, 0.2) is 5.78 Å². The summed E-state index contributed by atoms with van der Waals surface area (Å²) in [6.45, 7) is 9.58. The lowest BCUT2D eigenvalue weighted by molar-refractivity contribution is 0.0986. The average molecular weight is 490 g/mol. The molecule has 1 aromatic carbocycles. The molecular formula is C26H31N7OS. The molecule has 3 heterocycles. The maximum Gasteiger partial charge on any atom is 0.227 e. The maximum absolute atomic E-state index is 12.7. The number of nitrogens with zero attached hydrogens (tertiary/aromatic N) is 5. The van der Waals surface area contributed by atoms with Crippen molar-refractivity contribution in [3.05, 3.63) is 70.1 Å². The summed E-state index contributed by atoms with van der Waals surface area (Å²) in [5, 5.41) is 8.44. The number of aryl methyl sites for hydroxylation is 2. The third-order valence-electron chi connectivity index (χ3n) is 5.59. The number of anilines is 2. The van der Waals surface area contributed by atoms with Gasteiger partial charge in [0.2, 0.25) is 5.95 Å². The Balaban J connectivity index is 1.42. The topological polar surface area (TPSA) is 112 Å². The Morgan fingerprint density at radius 3 is 2.71 bits per heavy atom. The summed E-state index contributed by atoms with van der Waals surface area (Å²) in [5.74, 6) is 0.643. The minimum absolute atomic E-state index is 0.0432. The number of rotatable bonds is 9. The fourth-order valence-electron chi connectivity index (χ4n) is 3.65. The van der Waals surface area contributed by atoms with Crippen LogP contribution in [0.25, 0.3) is 11.3 Å². The molecule has 4 rings (SSSR count). The van der Waals surface area contributed by atoms with E-state index in [1.807, 2.05) is 18.3 Å². The number of benzene rings is 1. The number of Topliss-reactive ketones (excluding diaryl/α,β-unsaturated/α-hetero) is 1. The first-order valence-electron chi connectivity index (χ1n) is 11.6. The molecule has 0 bridgehead atoms. The second-order valence-corrected chi connectivity index (χ2v) is 10.5. The summed E-state index contributed by atoms with van der Waals surface area (Å²) in [6.07, 6.45) is 8.20. The van der Waals surface area contributed by atoms with Crippen molar-refractivity contribution in [2.24, 2.45) is 5.73 Å². The van der Waals surface area contributed by atoms with Gasteiger partial charge in [0.25, 0.3) is 0 Å². The first-order valence-corrected chi connectivity index (χ1v) is 12.5. The molecule has 4 aromatic rings. The lowest BCUT2D eigenvalue weighted by atomic mass is 9.98. The Kier molecular flexibility index (Phi) is 7.37. The van der Waals surface area contributed by atoms with Crippen LogP contribution in [0.1, 0.15) is 53.0 Å². The highest BCUT2D eigenvalue weighted by Gasteiger charge is 2.20. The van der Waals surface area contributed by atoms with Crippen molar-refractivity contribution in [1.29, 1.82) is 0 Å². The predicted molar refractivity (Wildman–Crippen MR) is 140 cm³/mol. The van der Waals surface area contributed by atoms with Crippen molar-refractivity contribution in [2.45, 2.75) is 52.5 Å². The van der Waals surface area contributed by atoms with E-state index in [4.69, 9.17) is 5.73 Å². The fraction of sp³-hybridized carbons (Fsp3) is 0.346. The van der Waals surface area contributed by atoms with Gasteiger partial charge >= 0.3 is 0 Å². The molecular weight excluding hydrogens is 458 g/mol. The molecule has 0 radical (unpaired) electrons. The van der Waals surface area contributed by atoms with Gasteiger partial charge < -0.3 is 11.1 Å². The van der Waals surface area contributed by atoms with E-state index in [9.17, 15) is 4.79 Å². The Bertz CT molecular complexity index is 1320. The number of hydrogen-bond donors (Lipinski definition) is 2. The van der Waals surface area contributed by atoms with E-state index in [2.05, 4.69) is 65.2 Å². The van der Waals surface area contributed by atoms with Gasteiger partial charge in [-0.1, -0.05) is 32.9 Å². The first kappa shape index (κ1) is 24.7. The molecule has 8 nitrogen and oxygen atoms in total.